The van der Waals surface area contributed by atoms with Crippen molar-refractivity contribution < 1.29 is 14.3 Å². The lowest BCUT2D eigenvalue weighted by molar-refractivity contribution is -0.116. The van der Waals surface area contributed by atoms with Gasteiger partial charge in [0.2, 0.25) is 11.8 Å². The van der Waals surface area contributed by atoms with Crippen LogP contribution in [0, 0.1) is 0 Å². The molecule has 0 aliphatic carbocycles. The van der Waals surface area contributed by atoms with Crippen LogP contribution in [0.1, 0.15) is 10.4 Å². The Morgan fingerprint density at radius 1 is 1.32 bits per heavy atom. The lowest BCUT2D eigenvalue weighted by Crippen LogP contribution is -2.33. The number of hydrogen-bond donors (Lipinski definition) is 1. The minimum atomic E-state index is -0.123. The molecular weight excluding hydrogens is 374 g/mol. The second-order valence-electron chi connectivity index (χ2n) is 6.32. The molecule has 1 N–H and O–H groups in total. The quantitative estimate of drug-likeness (QED) is 0.650. The minimum absolute atomic E-state index is 0.0775. The number of thiophene rings is 1. The average molecular weight is 393 g/mol. The number of nitrogens with zero attached hydrogens (tertiary/aromatic N) is 2. The van der Waals surface area contributed by atoms with E-state index in [0.29, 0.717) is 12.4 Å². The summed E-state index contributed by atoms with van der Waals surface area (Å²) < 4.78 is 11.0. The number of carbonyl (C=O) groups excluding carboxylic acids is 1. The molecule has 1 aliphatic heterocycles. The van der Waals surface area contributed by atoms with Gasteiger partial charge in [-0.1, -0.05) is 6.07 Å². The maximum atomic E-state index is 12.0. The number of ether oxygens (including phenoxy) is 2. The van der Waals surface area contributed by atoms with Gasteiger partial charge in [0.05, 0.1) is 19.3 Å². The van der Waals surface area contributed by atoms with E-state index in [1.165, 1.54) is 0 Å². The van der Waals surface area contributed by atoms with Gasteiger partial charge in [-0.25, -0.2) is 0 Å². The molecule has 0 saturated carbocycles. The minimum Gasteiger partial charge on any atom is -0.488 e. The van der Waals surface area contributed by atoms with E-state index in [1.54, 1.807) is 30.6 Å². The predicted octanol–water partition coefficient (Wildman–Crippen LogP) is 3.35. The van der Waals surface area contributed by atoms with E-state index < -0.39 is 0 Å². The number of benzene rings is 1. The lowest BCUT2D eigenvalue weighted by Gasteiger charge is -2.10. The molecule has 0 radical (unpaired) electrons. The summed E-state index contributed by atoms with van der Waals surface area (Å²) in [4.78, 5) is 13.0. The molecule has 2 aromatic heterocycles. The topological polar surface area (TPSA) is 73.3 Å². The van der Waals surface area contributed by atoms with Gasteiger partial charge in [0.1, 0.15) is 11.9 Å². The van der Waals surface area contributed by atoms with Crippen LogP contribution in [0.5, 0.6) is 11.6 Å². The van der Waals surface area contributed by atoms with E-state index in [1.807, 2.05) is 41.8 Å². The maximum absolute atomic E-state index is 12.0. The SMILES string of the molecule is COc1ccc(-c2ccc3c(c2)CC(CNC(=O)C=Cc2cccs2)O3)nn1. The highest BCUT2D eigenvalue weighted by Gasteiger charge is 2.23. The fraction of sp³-hybridized carbons (Fsp3) is 0.190. The number of rotatable bonds is 6. The number of fused-ring (bicyclic) bond motifs is 1. The van der Waals surface area contributed by atoms with Crippen LogP contribution in [-0.4, -0.2) is 35.9 Å². The Kier molecular flexibility index (Phi) is 5.34. The highest BCUT2D eigenvalue weighted by atomic mass is 32.1. The zero-order chi connectivity index (χ0) is 19.3. The first-order valence-corrected chi connectivity index (χ1v) is 9.76. The van der Waals surface area contributed by atoms with Crippen molar-refractivity contribution in [3.8, 4) is 22.9 Å². The van der Waals surface area contributed by atoms with Crippen molar-refractivity contribution in [2.45, 2.75) is 12.5 Å². The van der Waals surface area contributed by atoms with Gasteiger partial charge in [-0.15, -0.1) is 21.5 Å². The summed E-state index contributed by atoms with van der Waals surface area (Å²) >= 11 is 1.59. The molecule has 7 heteroatoms. The first-order chi connectivity index (χ1) is 13.7. The smallest absolute Gasteiger partial charge is 0.244 e. The second-order valence-corrected chi connectivity index (χ2v) is 7.30. The molecule has 1 aliphatic rings. The molecular formula is C21H19N3O3S. The molecule has 0 fully saturated rings. The van der Waals surface area contributed by atoms with Gasteiger partial charge >= 0.3 is 0 Å². The number of carbonyl (C=O) groups is 1. The molecule has 4 rings (SSSR count). The van der Waals surface area contributed by atoms with Crippen LogP contribution in [0.25, 0.3) is 17.3 Å². The van der Waals surface area contributed by atoms with Crippen LogP contribution in [0.3, 0.4) is 0 Å². The summed E-state index contributed by atoms with van der Waals surface area (Å²) in [5, 5.41) is 13.1. The standard InChI is InChI=1S/C21H19N3O3S/c1-26-21-9-6-18(23-24-21)14-4-7-19-15(11-14)12-16(27-19)13-22-20(25)8-5-17-3-2-10-28-17/h2-11,16H,12-13H2,1H3,(H,22,25). The molecule has 3 heterocycles. The van der Waals surface area contributed by atoms with Crippen molar-refractivity contribution in [1.29, 1.82) is 0 Å². The fourth-order valence-electron chi connectivity index (χ4n) is 2.99. The molecule has 1 unspecified atom stereocenters. The third-order valence-electron chi connectivity index (χ3n) is 4.39. The van der Waals surface area contributed by atoms with E-state index in [2.05, 4.69) is 21.6 Å². The van der Waals surface area contributed by atoms with Gasteiger partial charge in [-0.05, 0) is 47.4 Å². The van der Waals surface area contributed by atoms with Crippen molar-refractivity contribution in [2.24, 2.45) is 0 Å². The summed E-state index contributed by atoms with van der Waals surface area (Å²) in [6.45, 7) is 0.458. The normalized spacial score (nSPS) is 15.2. The predicted molar refractivity (Wildman–Crippen MR) is 109 cm³/mol. The number of hydrogen-bond acceptors (Lipinski definition) is 6. The van der Waals surface area contributed by atoms with Crippen LogP contribution in [0.4, 0.5) is 0 Å². The summed E-state index contributed by atoms with van der Waals surface area (Å²) in [7, 11) is 1.56. The van der Waals surface area contributed by atoms with E-state index in [-0.39, 0.29) is 12.0 Å². The van der Waals surface area contributed by atoms with Gasteiger partial charge in [-0.2, -0.15) is 0 Å². The number of nitrogens with one attached hydrogen (secondary N) is 1. The average Bonchev–Trinajstić information content (AvgIpc) is 3.39. The molecule has 6 nitrogen and oxygen atoms in total. The second kappa shape index (κ2) is 8.22. The third kappa shape index (κ3) is 4.20. The monoisotopic (exact) mass is 393 g/mol. The Balaban J connectivity index is 1.35. The molecule has 1 aromatic carbocycles. The first-order valence-electron chi connectivity index (χ1n) is 8.88. The fourth-order valence-corrected chi connectivity index (χ4v) is 3.61. The van der Waals surface area contributed by atoms with Crippen LogP contribution >= 0.6 is 11.3 Å². The van der Waals surface area contributed by atoms with Crippen molar-refractivity contribution in [3.63, 3.8) is 0 Å². The van der Waals surface area contributed by atoms with E-state index in [0.717, 1.165) is 33.9 Å². The molecule has 0 bridgehead atoms. The highest BCUT2D eigenvalue weighted by molar-refractivity contribution is 7.10. The Morgan fingerprint density at radius 3 is 3.00 bits per heavy atom. The molecule has 142 valence electrons. The molecule has 1 amide bonds. The van der Waals surface area contributed by atoms with Crippen molar-refractivity contribution in [3.05, 3.63) is 64.4 Å². The van der Waals surface area contributed by atoms with Crippen molar-refractivity contribution in [1.82, 2.24) is 15.5 Å². The van der Waals surface area contributed by atoms with Gasteiger partial charge in [-0.3, -0.25) is 4.79 Å². The molecule has 0 spiro atoms. The van der Waals surface area contributed by atoms with Crippen LogP contribution in [0.2, 0.25) is 0 Å². The summed E-state index contributed by atoms with van der Waals surface area (Å²) in [6.07, 6.45) is 4.02. The van der Waals surface area contributed by atoms with Crippen molar-refractivity contribution in [2.75, 3.05) is 13.7 Å². The Hall–Kier alpha value is -3.19. The highest BCUT2D eigenvalue weighted by Crippen LogP contribution is 2.32. The molecule has 1 atom stereocenters. The first kappa shape index (κ1) is 18.2. The zero-order valence-corrected chi connectivity index (χ0v) is 16.1. The summed E-state index contributed by atoms with van der Waals surface area (Å²) in [5.41, 5.74) is 2.85. The number of methoxy groups -OCH3 is 1. The van der Waals surface area contributed by atoms with Gasteiger partial charge < -0.3 is 14.8 Å². The Labute approximate surface area is 166 Å². The largest absolute Gasteiger partial charge is 0.488 e. The maximum Gasteiger partial charge on any atom is 0.244 e. The van der Waals surface area contributed by atoms with Gasteiger partial charge in [0.25, 0.3) is 0 Å². The van der Waals surface area contributed by atoms with E-state index >= 15 is 0 Å². The molecule has 28 heavy (non-hydrogen) atoms. The van der Waals surface area contributed by atoms with E-state index in [9.17, 15) is 4.79 Å². The Morgan fingerprint density at radius 2 is 2.25 bits per heavy atom. The number of aromatic nitrogens is 2. The van der Waals surface area contributed by atoms with E-state index in [4.69, 9.17) is 9.47 Å². The number of amides is 1. The zero-order valence-electron chi connectivity index (χ0n) is 15.3. The lowest BCUT2D eigenvalue weighted by atomic mass is 10.0. The van der Waals surface area contributed by atoms with Crippen LogP contribution in [0.15, 0.2) is 53.9 Å². The third-order valence-corrected chi connectivity index (χ3v) is 5.23. The Bertz CT molecular complexity index is 985. The van der Waals surface area contributed by atoms with Crippen LogP contribution in [-0.2, 0) is 11.2 Å². The van der Waals surface area contributed by atoms with Gasteiger partial charge in [0, 0.05) is 29.0 Å². The summed E-state index contributed by atoms with van der Waals surface area (Å²) in [6, 6.07) is 13.5. The summed E-state index contributed by atoms with van der Waals surface area (Å²) in [5.74, 6) is 1.21. The molecule has 0 saturated heterocycles. The van der Waals surface area contributed by atoms with Crippen LogP contribution < -0.4 is 14.8 Å². The van der Waals surface area contributed by atoms with Crippen molar-refractivity contribution >= 4 is 23.3 Å². The molecule has 3 aromatic rings. The van der Waals surface area contributed by atoms with Gasteiger partial charge in [0.15, 0.2) is 0 Å².